The molecule has 0 unspecified atom stereocenters. The molecule has 0 N–H and O–H groups in total. The van der Waals surface area contributed by atoms with Crippen LogP contribution < -0.4 is 14.6 Å². The van der Waals surface area contributed by atoms with Gasteiger partial charge in [-0.1, -0.05) is 53.2 Å². The number of benzene rings is 2. The molecule has 27 heavy (non-hydrogen) atoms. The van der Waals surface area contributed by atoms with Crippen LogP contribution in [-0.4, -0.2) is 29.8 Å². The number of aliphatic carboxylic acids is 1. The SMILES string of the molecule is COc1cc(/C=C(\Cl)c2nc(-c3ccccc3)no2)ccc1OCC(=O)[O-]. The van der Waals surface area contributed by atoms with E-state index in [9.17, 15) is 9.90 Å². The lowest BCUT2D eigenvalue weighted by Crippen LogP contribution is -2.29. The first-order valence-electron chi connectivity index (χ1n) is 7.84. The molecule has 0 saturated heterocycles. The van der Waals surface area contributed by atoms with Gasteiger partial charge in [-0.25, -0.2) is 0 Å². The maximum Gasteiger partial charge on any atom is 0.269 e. The number of halogens is 1. The lowest BCUT2D eigenvalue weighted by atomic mass is 10.2. The molecule has 0 radical (unpaired) electrons. The molecular formula is C19H14ClN2O5-. The molecule has 138 valence electrons. The summed E-state index contributed by atoms with van der Waals surface area (Å²) in [5, 5.41) is 14.7. The predicted octanol–water partition coefficient (Wildman–Crippen LogP) is 2.61. The summed E-state index contributed by atoms with van der Waals surface area (Å²) >= 11 is 6.29. The summed E-state index contributed by atoms with van der Waals surface area (Å²) in [6.45, 7) is -0.573. The molecule has 0 aliphatic rings. The van der Waals surface area contributed by atoms with E-state index < -0.39 is 12.6 Å². The van der Waals surface area contributed by atoms with E-state index in [0.717, 1.165) is 5.56 Å². The fourth-order valence-electron chi connectivity index (χ4n) is 2.26. The van der Waals surface area contributed by atoms with Crippen molar-refractivity contribution in [2.75, 3.05) is 13.7 Å². The number of hydrogen-bond acceptors (Lipinski definition) is 7. The van der Waals surface area contributed by atoms with Crippen LogP contribution in [-0.2, 0) is 4.79 Å². The highest BCUT2D eigenvalue weighted by Gasteiger charge is 2.12. The lowest BCUT2D eigenvalue weighted by Gasteiger charge is -2.11. The first-order valence-corrected chi connectivity index (χ1v) is 8.22. The Hall–Kier alpha value is -3.32. The van der Waals surface area contributed by atoms with Crippen molar-refractivity contribution < 1.29 is 23.9 Å². The monoisotopic (exact) mass is 385 g/mol. The van der Waals surface area contributed by atoms with E-state index in [1.807, 2.05) is 30.3 Å². The summed E-state index contributed by atoms with van der Waals surface area (Å²) in [5.41, 5.74) is 1.49. The first-order chi connectivity index (χ1) is 13.1. The summed E-state index contributed by atoms with van der Waals surface area (Å²) in [6.07, 6.45) is 1.62. The van der Waals surface area contributed by atoms with Crippen LogP contribution in [0, 0.1) is 0 Å². The molecule has 0 bridgehead atoms. The molecule has 3 aromatic rings. The summed E-state index contributed by atoms with van der Waals surface area (Å²) in [5.74, 6) is -0.0914. The van der Waals surface area contributed by atoms with Crippen molar-refractivity contribution in [2.24, 2.45) is 0 Å². The van der Waals surface area contributed by atoms with Crippen LogP contribution in [0.3, 0.4) is 0 Å². The minimum atomic E-state index is -1.32. The van der Waals surface area contributed by atoms with Crippen molar-refractivity contribution in [3.63, 3.8) is 0 Å². The Labute approximate surface area is 159 Å². The van der Waals surface area contributed by atoms with Gasteiger partial charge in [0.05, 0.1) is 13.1 Å². The van der Waals surface area contributed by atoms with Gasteiger partial charge in [0.15, 0.2) is 11.5 Å². The number of hydrogen-bond donors (Lipinski definition) is 0. The Balaban J connectivity index is 1.81. The van der Waals surface area contributed by atoms with Gasteiger partial charge < -0.3 is 23.9 Å². The predicted molar refractivity (Wildman–Crippen MR) is 97.0 cm³/mol. The number of rotatable bonds is 7. The second kappa shape index (κ2) is 8.37. The molecule has 0 atom stereocenters. The molecule has 0 spiro atoms. The molecule has 0 fully saturated rings. The highest BCUT2D eigenvalue weighted by Crippen LogP contribution is 2.30. The Morgan fingerprint density at radius 3 is 2.70 bits per heavy atom. The van der Waals surface area contributed by atoms with Crippen molar-refractivity contribution in [3.8, 4) is 22.9 Å². The van der Waals surface area contributed by atoms with Crippen molar-refractivity contribution >= 4 is 28.7 Å². The van der Waals surface area contributed by atoms with Gasteiger partial charge in [0, 0.05) is 5.56 Å². The van der Waals surface area contributed by atoms with Gasteiger partial charge >= 0.3 is 0 Å². The van der Waals surface area contributed by atoms with Crippen LogP contribution in [0.2, 0.25) is 0 Å². The number of carbonyl (C=O) groups is 1. The molecule has 0 aliphatic heterocycles. The second-order valence-electron chi connectivity index (χ2n) is 5.35. The number of nitrogens with zero attached hydrogens (tertiary/aromatic N) is 2. The van der Waals surface area contributed by atoms with E-state index >= 15 is 0 Å². The van der Waals surface area contributed by atoms with E-state index in [-0.39, 0.29) is 16.7 Å². The third kappa shape index (κ3) is 4.65. The third-order valence-corrected chi connectivity index (χ3v) is 3.76. The second-order valence-corrected chi connectivity index (χ2v) is 5.76. The Bertz CT molecular complexity index is 969. The van der Waals surface area contributed by atoms with Crippen molar-refractivity contribution in [1.29, 1.82) is 0 Å². The zero-order chi connectivity index (χ0) is 19.2. The van der Waals surface area contributed by atoms with Gasteiger partial charge in [0.2, 0.25) is 5.82 Å². The largest absolute Gasteiger partial charge is 0.546 e. The number of carboxylic acids is 1. The molecule has 1 heterocycles. The van der Waals surface area contributed by atoms with Gasteiger partial charge in [0.25, 0.3) is 5.89 Å². The number of carbonyl (C=O) groups excluding carboxylic acids is 1. The number of carboxylic acid groups (broad SMARTS) is 1. The van der Waals surface area contributed by atoms with Crippen LogP contribution in [0.25, 0.3) is 22.5 Å². The van der Waals surface area contributed by atoms with Gasteiger partial charge in [0.1, 0.15) is 11.6 Å². The zero-order valence-electron chi connectivity index (χ0n) is 14.2. The van der Waals surface area contributed by atoms with Gasteiger partial charge in [-0.05, 0) is 23.8 Å². The molecule has 0 amide bonds. The van der Waals surface area contributed by atoms with E-state index in [1.54, 1.807) is 24.3 Å². The van der Waals surface area contributed by atoms with Crippen LogP contribution in [0.5, 0.6) is 11.5 Å². The molecule has 2 aromatic carbocycles. The summed E-state index contributed by atoms with van der Waals surface area (Å²) < 4.78 is 15.5. The van der Waals surface area contributed by atoms with Crippen molar-refractivity contribution in [3.05, 3.63) is 60.0 Å². The summed E-state index contributed by atoms with van der Waals surface area (Å²) in [4.78, 5) is 14.8. The fraction of sp³-hybridized carbons (Fsp3) is 0.105. The normalized spacial score (nSPS) is 11.3. The quantitative estimate of drug-likeness (QED) is 0.616. The Morgan fingerprint density at radius 1 is 1.22 bits per heavy atom. The van der Waals surface area contributed by atoms with Gasteiger partial charge in [-0.15, -0.1) is 0 Å². The highest BCUT2D eigenvalue weighted by molar-refractivity contribution is 6.50. The fourth-order valence-corrected chi connectivity index (χ4v) is 2.47. The van der Waals surface area contributed by atoms with Crippen LogP contribution in [0.1, 0.15) is 11.5 Å². The average Bonchev–Trinajstić information content (AvgIpc) is 3.18. The Kier molecular flexibility index (Phi) is 5.73. The number of aromatic nitrogens is 2. The van der Waals surface area contributed by atoms with Crippen LogP contribution in [0.15, 0.2) is 53.1 Å². The number of methoxy groups -OCH3 is 1. The first kappa shape index (κ1) is 18.5. The smallest absolute Gasteiger partial charge is 0.269 e. The maximum absolute atomic E-state index is 10.5. The van der Waals surface area contributed by atoms with Crippen molar-refractivity contribution in [1.82, 2.24) is 10.1 Å². The maximum atomic E-state index is 10.5. The van der Waals surface area contributed by atoms with Gasteiger partial charge in [-0.2, -0.15) is 4.98 Å². The molecule has 1 aromatic heterocycles. The molecule has 0 saturated carbocycles. The summed E-state index contributed by atoms with van der Waals surface area (Å²) in [6, 6.07) is 14.3. The minimum Gasteiger partial charge on any atom is -0.546 e. The van der Waals surface area contributed by atoms with E-state index in [2.05, 4.69) is 10.1 Å². The standard InChI is InChI=1S/C19H15ClN2O5/c1-25-16-10-12(7-8-15(16)26-11-17(23)24)9-14(20)19-21-18(22-27-19)13-5-3-2-4-6-13/h2-10H,11H2,1H3,(H,23,24)/p-1/b14-9-. The Morgan fingerprint density at radius 2 is 2.00 bits per heavy atom. The lowest BCUT2D eigenvalue weighted by molar-refractivity contribution is -0.307. The van der Waals surface area contributed by atoms with Crippen LogP contribution >= 0.6 is 11.6 Å². The van der Waals surface area contributed by atoms with Crippen molar-refractivity contribution in [2.45, 2.75) is 0 Å². The third-order valence-electron chi connectivity index (χ3n) is 3.49. The molecule has 7 nitrogen and oxygen atoms in total. The summed E-state index contributed by atoms with van der Waals surface area (Å²) in [7, 11) is 1.44. The molecule has 0 aliphatic carbocycles. The number of ether oxygens (including phenoxy) is 2. The van der Waals surface area contributed by atoms with Gasteiger partial charge in [-0.3, -0.25) is 0 Å². The van der Waals surface area contributed by atoms with E-state index in [4.69, 9.17) is 25.6 Å². The zero-order valence-corrected chi connectivity index (χ0v) is 15.0. The average molecular weight is 386 g/mol. The highest BCUT2D eigenvalue weighted by atomic mass is 35.5. The molecular weight excluding hydrogens is 372 g/mol. The van der Waals surface area contributed by atoms with Crippen LogP contribution in [0.4, 0.5) is 0 Å². The topological polar surface area (TPSA) is 97.5 Å². The molecule has 3 rings (SSSR count). The molecule has 8 heteroatoms. The van der Waals surface area contributed by atoms with E-state index in [1.165, 1.54) is 7.11 Å². The minimum absolute atomic E-state index is 0.173. The van der Waals surface area contributed by atoms with E-state index in [0.29, 0.717) is 17.1 Å².